The van der Waals surface area contributed by atoms with E-state index in [0.717, 1.165) is 32.1 Å². The van der Waals surface area contributed by atoms with Gasteiger partial charge in [-0.05, 0) is 12.8 Å². The Labute approximate surface area is 112 Å². The second kappa shape index (κ2) is 8.37. The summed E-state index contributed by atoms with van der Waals surface area (Å²) in [4.78, 5) is 22.2. The first-order valence-corrected chi connectivity index (χ1v) is 7.58. The molecule has 1 aliphatic carbocycles. The number of aliphatic hydroxyl groups excluding tert-OH is 1. The van der Waals surface area contributed by atoms with Crippen LogP contribution in [0.2, 0.25) is 0 Å². The van der Waals surface area contributed by atoms with E-state index in [1.165, 1.54) is 11.8 Å². The molecule has 104 valence electrons. The Balaban J connectivity index is 2.19. The molecule has 4 N–H and O–H groups in total. The molecule has 1 rings (SSSR count). The minimum atomic E-state index is -0.422. The average molecular weight is 274 g/mol. The number of carbonyl (C=O) groups excluding carboxylic acids is 2. The van der Waals surface area contributed by atoms with Crippen molar-refractivity contribution >= 4 is 23.6 Å². The standard InChI is InChI=1S/C12H22N2O3S/c13-11(16)8-18-7-6-12(17)14-9-4-2-1-3-5-10(9)15/h9-10,15H,1-8H2,(H2,13,16)(H,14,17). The molecule has 2 amide bonds. The molecule has 0 bridgehead atoms. The van der Waals surface area contributed by atoms with E-state index in [2.05, 4.69) is 5.32 Å². The van der Waals surface area contributed by atoms with Crippen LogP contribution in [0.15, 0.2) is 0 Å². The normalized spacial score (nSPS) is 24.3. The van der Waals surface area contributed by atoms with Gasteiger partial charge in [0.15, 0.2) is 0 Å². The molecule has 0 aliphatic heterocycles. The van der Waals surface area contributed by atoms with Gasteiger partial charge in [-0.2, -0.15) is 11.8 Å². The SMILES string of the molecule is NC(=O)CSCCC(=O)NC1CCCCCC1O. The number of carbonyl (C=O) groups is 2. The first kappa shape index (κ1) is 15.3. The molecule has 2 unspecified atom stereocenters. The third-order valence-electron chi connectivity index (χ3n) is 3.04. The monoisotopic (exact) mass is 274 g/mol. The number of hydrogen-bond acceptors (Lipinski definition) is 4. The van der Waals surface area contributed by atoms with Gasteiger partial charge in [0.25, 0.3) is 0 Å². The quantitative estimate of drug-likeness (QED) is 0.483. The number of nitrogens with two attached hydrogens (primary N) is 1. The molecule has 0 aromatic heterocycles. The number of primary amides is 1. The van der Waals surface area contributed by atoms with E-state index in [1.54, 1.807) is 0 Å². The van der Waals surface area contributed by atoms with Crippen LogP contribution in [0.25, 0.3) is 0 Å². The number of aliphatic hydroxyl groups is 1. The highest BCUT2D eigenvalue weighted by Gasteiger charge is 2.22. The van der Waals surface area contributed by atoms with E-state index in [4.69, 9.17) is 5.73 Å². The second-order valence-corrected chi connectivity index (χ2v) is 5.75. The fourth-order valence-corrected chi connectivity index (χ4v) is 2.75. The fraction of sp³-hybridized carbons (Fsp3) is 0.833. The van der Waals surface area contributed by atoms with Crippen LogP contribution in [0.4, 0.5) is 0 Å². The number of thioether (sulfide) groups is 1. The number of nitrogens with one attached hydrogen (secondary N) is 1. The van der Waals surface area contributed by atoms with Crippen LogP contribution in [-0.4, -0.2) is 40.6 Å². The van der Waals surface area contributed by atoms with Crippen molar-refractivity contribution < 1.29 is 14.7 Å². The van der Waals surface area contributed by atoms with Gasteiger partial charge < -0.3 is 16.2 Å². The predicted octanol–water partition coefficient (Wildman–Crippen LogP) is 0.405. The summed E-state index contributed by atoms with van der Waals surface area (Å²) in [6.07, 6.45) is 4.76. The van der Waals surface area contributed by atoms with E-state index in [1.807, 2.05) is 0 Å². The molecule has 0 saturated heterocycles. The van der Waals surface area contributed by atoms with Crippen molar-refractivity contribution in [2.24, 2.45) is 5.73 Å². The van der Waals surface area contributed by atoms with E-state index in [-0.39, 0.29) is 23.6 Å². The van der Waals surface area contributed by atoms with E-state index < -0.39 is 6.10 Å². The maximum absolute atomic E-state index is 11.7. The highest BCUT2D eigenvalue weighted by Crippen LogP contribution is 2.18. The maximum Gasteiger partial charge on any atom is 0.227 e. The molecule has 18 heavy (non-hydrogen) atoms. The third kappa shape index (κ3) is 6.26. The topological polar surface area (TPSA) is 92.4 Å². The van der Waals surface area contributed by atoms with Gasteiger partial charge in [0.05, 0.1) is 17.9 Å². The first-order valence-electron chi connectivity index (χ1n) is 6.43. The lowest BCUT2D eigenvalue weighted by Crippen LogP contribution is -2.42. The van der Waals surface area contributed by atoms with Crippen molar-refractivity contribution in [3.8, 4) is 0 Å². The molecule has 6 heteroatoms. The summed E-state index contributed by atoms with van der Waals surface area (Å²) in [6, 6.07) is -0.110. The number of amides is 2. The second-order valence-electron chi connectivity index (χ2n) is 4.65. The van der Waals surface area contributed by atoms with Crippen molar-refractivity contribution in [2.45, 2.75) is 50.7 Å². The van der Waals surface area contributed by atoms with Gasteiger partial charge in [0.1, 0.15) is 0 Å². The van der Waals surface area contributed by atoms with Crippen LogP contribution in [0.5, 0.6) is 0 Å². The molecule has 0 aromatic rings. The zero-order valence-electron chi connectivity index (χ0n) is 10.6. The number of hydrogen-bond donors (Lipinski definition) is 3. The molecule has 0 spiro atoms. The van der Waals surface area contributed by atoms with Gasteiger partial charge in [0.2, 0.25) is 11.8 Å². The molecular formula is C12H22N2O3S. The van der Waals surface area contributed by atoms with Crippen molar-refractivity contribution in [3.05, 3.63) is 0 Å². The molecule has 1 fully saturated rings. The molecule has 0 radical (unpaired) electrons. The molecule has 5 nitrogen and oxygen atoms in total. The lowest BCUT2D eigenvalue weighted by Gasteiger charge is -2.21. The lowest BCUT2D eigenvalue weighted by molar-refractivity contribution is -0.122. The third-order valence-corrected chi connectivity index (χ3v) is 4.03. The van der Waals surface area contributed by atoms with Crippen LogP contribution < -0.4 is 11.1 Å². The summed E-state index contributed by atoms with van der Waals surface area (Å²) in [5, 5.41) is 12.7. The van der Waals surface area contributed by atoms with Gasteiger partial charge in [-0.3, -0.25) is 9.59 Å². The predicted molar refractivity (Wildman–Crippen MR) is 72.2 cm³/mol. The summed E-state index contributed by atoms with van der Waals surface area (Å²) in [7, 11) is 0. The average Bonchev–Trinajstić information content (AvgIpc) is 2.50. The summed E-state index contributed by atoms with van der Waals surface area (Å²) in [5.41, 5.74) is 5.00. The Morgan fingerprint density at radius 1 is 1.28 bits per heavy atom. The molecule has 2 atom stereocenters. The van der Waals surface area contributed by atoms with Gasteiger partial charge in [-0.25, -0.2) is 0 Å². The van der Waals surface area contributed by atoms with Crippen molar-refractivity contribution in [3.63, 3.8) is 0 Å². The first-order chi connectivity index (χ1) is 8.59. The molecular weight excluding hydrogens is 252 g/mol. The zero-order valence-corrected chi connectivity index (χ0v) is 11.4. The minimum absolute atomic E-state index is 0.0575. The van der Waals surface area contributed by atoms with Crippen LogP contribution in [0, 0.1) is 0 Å². The zero-order chi connectivity index (χ0) is 13.4. The Morgan fingerprint density at radius 2 is 2.00 bits per heavy atom. The summed E-state index contributed by atoms with van der Waals surface area (Å²) >= 11 is 1.36. The van der Waals surface area contributed by atoms with Gasteiger partial charge >= 0.3 is 0 Å². The highest BCUT2D eigenvalue weighted by atomic mass is 32.2. The molecule has 0 aromatic carbocycles. The van der Waals surface area contributed by atoms with Crippen LogP contribution in [0.1, 0.15) is 38.5 Å². The molecule has 0 heterocycles. The van der Waals surface area contributed by atoms with E-state index in [0.29, 0.717) is 12.2 Å². The lowest BCUT2D eigenvalue weighted by atomic mass is 10.1. The summed E-state index contributed by atoms with van der Waals surface area (Å²) < 4.78 is 0. The van der Waals surface area contributed by atoms with Crippen molar-refractivity contribution in [1.82, 2.24) is 5.32 Å². The van der Waals surface area contributed by atoms with Crippen molar-refractivity contribution in [1.29, 1.82) is 0 Å². The summed E-state index contributed by atoms with van der Waals surface area (Å²) in [5.74, 6) is 0.411. The Bertz CT molecular complexity index is 286. The Hall–Kier alpha value is -0.750. The van der Waals surface area contributed by atoms with Gasteiger partial charge in [0, 0.05) is 12.2 Å². The minimum Gasteiger partial charge on any atom is -0.391 e. The van der Waals surface area contributed by atoms with Crippen molar-refractivity contribution in [2.75, 3.05) is 11.5 Å². The van der Waals surface area contributed by atoms with Crippen LogP contribution >= 0.6 is 11.8 Å². The fourth-order valence-electron chi connectivity index (χ4n) is 2.07. The highest BCUT2D eigenvalue weighted by molar-refractivity contribution is 7.99. The maximum atomic E-state index is 11.7. The summed E-state index contributed by atoms with van der Waals surface area (Å²) in [6.45, 7) is 0. The van der Waals surface area contributed by atoms with E-state index >= 15 is 0 Å². The smallest absolute Gasteiger partial charge is 0.227 e. The van der Waals surface area contributed by atoms with Crippen LogP contribution in [-0.2, 0) is 9.59 Å². The van der Waals surface area contributed by atoms with Gasteiger partial charge in [-0.1, -0.05) is 19.3 Å². The van der Waals surface area contributed by atoms with Crippen LogP contribution in [0.3, 0.4) is 0 Å². The number of rotatable bonds is 6. The molecule has 1 aliphatic rings. The molecule has 1 saturated carbocycles. The Kier molecular flexibility index (Phi) is 7.12. The van der Waals surface area contributed by atoms with Gasteiger partial charge in [-0.15, -0.1) is 0 Å². The van der Waals surface area contributed by atoms with E-state index in [9.17, 15) is 14.7 Å². The Morgan fingerprint density at radius 3 is 2.72 bits per heavy atom. The largest absolute Gasteiger partial charge is 0.391 e.